The number of rotatable bonds is 49. The SMILES string of the molecule is CCCCCCC/C=C\C/C=C\C/C=C\CCCCCCCCCCC(=O)NC(COC1OC(CO)C(OC2OC(CO)C(OC3OC(CO)C(O)C(O)C3O)C(O)C2O)C(O)C1O)C(O)/C=C/CC/C=C/CCCCCCCCCCCCC. The second-order valence-electron chi connectivity index (χ2n) is 23.6. The van der Waals surface area contributed by atoms with Gasteiger partial charge in [0.25, 0.3) is 0 Å². The molecule has 0 spiro atoms. The van der Waals surface area contributed by atoms with Crippen LogP contribution in [0.4, 0.5) is 0 Å². The van der Waals surface area contributed by atoms with E-state index >= 15 is 0 Å². The number of hydrogen-bond acceptors (Lipinski definition) is 18. The lowest BCUT2D eigenvalue weighted by molar-refractivity contribution is -0.379. The number of nitrogens with one attached hydrogen (secondary N) is 1. The summed E-state index contributed by atoms with van der Waals surface area (Å²) in [7, 11) is 0. The summed E-state index contributed by atoms with van der Waals surface area (Å²) in [4.78, 5) is 13.4. The minimum absolute atomic E-state index is 0.225. The molecule has 12 N–H and O–H groups in total. The van der Waals surface area contributed by atoms with Crippen LogP contribution in [0.25, 0.3) is 0 Å². The van der Waals surface area contributed by atoms with Crippen molar-refractivity contribution in [3.63, 3.8) is 0 Å². The van der Waals surface area contributed by atoms with Crippen LogP contribution in [0, 0.1) is 0 Å². The van der Waals surface area contributed by atoms with Gasteiger partial charge in [-0.3, -0.25) is 4.79 Å². The van der Waals surface area contributed by atoms with E-state index in [0.29, 0.717) is 12.8 Å². The van der Waals surface area contributed by atoms with E-state index in [4.69, 9.17) is 28.4 Å². The molecule has 0 aromatic rings. The fourth-order valence-corrected chi connectivity index (χ4v) is 10.9. The summed E-state index contributed by atoms with van der Waals surface area (Å²) in [6, 6.07) is -0.996. The fourth-order valence-electron chi connectivity index (χ4n) is 10.9. The standard InChI is InChI=1S/C66H117NO18/c1-3-5-7-9-11-13-15-17-19-21-22-23-24-25-26-28-30-32-34-36-38-40-42-44-54(72)67-49(50(71)43-41-39-37-35-33-31-29-27-20-18-16-14-12-10-8-6-4-2)48-80-64-60(78)57(75)62(52(46-69)82-64)85-66-61(79)58(76)63(53(47-70)83-66)84-65-59(77)56(74)55(73)51(45-68)81-65/h15,17,21-22,24-25,33,35,41,43,49-53,55-66,68-71,73-79H,3-14,16,18-20,23,26-32,34,36-40,42,44-48H2,1-2H3,(H,67,72)/b17-15-,22-21-,25-24-,35-33+,43-41+. The second-order valence-corrected chi connectivity index (χ2v) is 23.6. The van der Waals surface area contributed by atoms with Gasteiger partial charge in [-0.25, -0.2) is 0 Å². The Bertz CT molecular complexity index is 1780. The van der Waals surface area contributed by atoms with Crippen molar-refractivity contribution in [1.82, 2.24) is 5.32 Å². The summed E-state index contributed by atoms with van der Waals surface area (Å²) in [6.07, 6.45) is 30.5. The number of carbonyl (C=O) groups is 1. The van der Waals surface area contributed by atoms with Gasteiger partial charge in [-0.15, -0.1) is 0 Å². The van der Waals surface area contributed by atoms with Gasteiger partial charge in [0, 0.05) is 6.42 Å². The molecular weight excluding hydrogens is 1090 g/mol. The zero-order valence-electron chi connectivity index (χ0n) is 51.8. The van der Waals surface area contributed by atoms with Crippen molar-refractivity contribution in [3.8, 4) is 0 Å². The molecule has 19 heteroatoms. The lowest BCUT2D eigenvalue weighted by atomic mass is 9.96. The Balaban J connectivity index is 1.48. The first kappa shape index (κ1) is 76.7. The highest BCUT2D eigenvalue weighted by molar-refractivity contribution is 5.76. The van der Waals surface area contributed by atoms with E-state index < -0.39 is 124 Å². The molecule has 0 bridgehead atoms. The average Bonchev–Trinajstić information content (AvgIpc) is 3.64. The van der Waals surface area contributed by atoms with Gasteiger partial charge in [-0.2, -0.15) is 0 Å². The lowest BCUT2D eigenvalue weighted by Gasteiger charge is -2.48. The first-order valence-electron chi connectivity index (χ1n) is 33.0. The predicted octanol–water partition coefficient (Wildman–Crippen LogP) is 7.60. The highest BCUT2D eigenvalue weighted by Gasteiger charge is 2.53. The van der Waals surface area contributed by atoms with E-state index in [1.54, 1.807) is 6.08 Å². The van der Waals surface area contributed by atoms with E-state index in [1.807, 2.05) is 6.08 Å². The number of allylic oxidation sites excluding steroid dienone is 9. The summed E-state index contributed by atoms with van der Waals surface area (Å²) >= 11 is 0. The Morgan fingerprint density at radius 3 is 1.26 bits per heavy atom. The lowest BCUT2D eigenvalue weighted by Crippen LogP contribution is -2.66. The average molecular weight is 1210 g/mol. The molecule has 0 aromatic carbocycles. The van der Waals surface area contributed by atoms with Gasteiger partial charge in [0.1, 0.15) is 73.2 Å². The predicted molar refractivity (Wildman–Crippen MR) is 328 cm³/mol. The van der Waals surface area contributed by atoms with Gasteiger partial charge in [-0.1, -0.05) is 203 Å². The molecule has 3 heterocycles. The summed E-state index contributed by atoms with van der Waals surface area (Å²) < 4.78 is 34.3. The Hall–Kier alpha value is -2.51. The largest absolute Gasteiger partial charge is 0.394 e. The van der Waals surface area contributed by atoms with Crippen LogP contribution in [0.5, 0.6) is 0 Å². The van der Waals surface area contributed by atoms with Crippen LogP contribution in [0.1, 0.15) is 219 Å². The van der Waals surface area contributed by atoms with Crippen molar-refractivity contribution >= 4 is 5.91 Å². The van der Waals surface area contributed by atoms with Gasteiger partial charge in [-0.05, 0) is 70.6 Å². The zero-order valence-corrected chi connectivity index (χ0v) is 51.8. The fraction of sp³-hybridized carbons (Fsp3) is 0.833. The van der Waals surface area contributed by atoms with E-state index in [9.17, 15) is 61.0 Å². The summed E-state index contributed by atoms with van der Waals surface area (Å²) in [5.74, 6) is -0.294. The van der Waals surface area contributed by atoms with Gasteiger partial charge in [0.2, 0.25) is 5.91 Å². The van der Waals surface area contributed by atoms with Crippen LogP contribution in [-0.4, -0.2) is 193 Å². The maximum atomic E-state index is 13.4. The number of unbranched alkanes of at least 4 members (excludes halogenated alkanes) is 25. The number of carbonyl (C=O) groups excluding carboxylic acids is 1. The molecule has 494 valence electrons. The topological polar surface area (TPSA) is 307 Å². The zero-order chi connectivity index (χ0) is 61.9. The Kier molecular flexibility index (Phi) is 43.7. The highest BCUT2D eigenvalue weighted by atomic mass is 16.8. The summed E-state index contributed by atoms with van der Waals surface area (Å²) in [5.41, 5.74) is 0. The molecule has 3 aliphatic heterocycles. The third kappa shape index (κ3) is 31.2. The van der Waals surface area contributed by atoms with Crippen molar-refractivity contribution in [2.24, 2.45) is 0 Å². The number of hydrogen-bond donors (Lipinski definition) is 12. The molecule has 1 amide bonds. The van der Waals surface area contributed by atoms with Crippen LogP contribution < -0.4 is 5.32 Å². The van der Waals surface area contributed by atoms with Gasteiger partial charge >= 0.3 is 0 Å². The van der Waals surface area contributed by atoms with Gasteiger partial charge in [0.15, 0.2) is 18.9 Å². The van der Waals surface area contributed by atoms with E-state index in [2.05, 4.69) is 67.8 Å². The molecule has 0 radical (unpaired) electrons. The third-order valence-electron chi connectivity index (χ3n) is 16.3. The molecule has 0 saturated carbocycles. The maximum Gasteiger partial charge on any atom is 0.220 e. The molecule has 17 unspecified atom stereocenters. The third-order valence-corrected chi connectivity index (χ3v) is 16.3. The molecule has 3 fully saturated rings. The highest BCUT2D eigenvalue weighted by Crippen LogP contribution is 2.33. The van der Waals surface area contributed by atoms with E-state index in [1.165, 1.54) is 122 Å². The minimum atomic E-state index is -1.98. The number of aliphatic hydroxyl groups is 11. The molecule has 3 rings (SSSR count). The Morgan fingerprint density at radius 2 is 0.788 bits per heavy atom. The summed E-state index contributed by atoms with van der Waals surface area (Å²) in [5, 5.41) is 120. The van der Waals surface area contributed by atoms with Crippen molar-refractivity contribution in [3.05, 3.63) is 60.8 Å². The molecule has 3 saturated heterocycles. The van der Waals surface area contributed by atoms with E-state index in [0.717, 1.165) is 64.2 Å². The van der Waals surface area contributed by atoms with Crippen molar-refractivity contribution in [1.29, 1.82) is 0 Å². The quantitative estimate of drug-likeness (QED) is 0.0206. The molecule has 85 heavy (non-hydrogen) atoms. The monoisotopic (exact) mass is 1210 g/mol. The molecule has 17 atom stereocenters. The first-order valence-corrected chi connectivity index (χ1v) is 33.0. The normalized spacial score (nSPS) is 29.4. The molecular formula is C66H117NO18. The van der Waals surface area contributed by atoms with Crippen molar-refractivity contribution in [2.45, 2.75) is 324 Å². The molecule has 19 nitrogen and oxygen atoms in total. The first-order chi connectivity index (χ1) is 41.3. The van der Waals surface area contributed by atoms with E-state index in [-0.39, 0.29) is 18.9 Å². The number of aliphatic hydroxyl groups excluding tert-OH is 11. The summed E-state index contributed by atoms with van der Waals surface area (Å²) in [6.45, 7) is 1.69. The van der Waals surface area contributed by atoms with Crippen LogP contribution in [0.15, 0.2) is 60.8 Å². The molecule has 0 aromatic heterocycles. The van der Waals surface area contributed by atoms with Crippen LogP contribution in [-0.2, 0) is 33.2 Å². The Morgan fingerprint density at radius 1 is 0.424 bits per heavy atom. The van der Waals surface area contributed by atoms with Crippen LogP contribution >= 0.6 is 0 Å². The van der Waals surface area contributed by atoms with Crippen LogP contribution in [0.3, 0.4) is 0 Å². The smallest absolute Gasteiger partial charge is 0.220 e. The van der Waals surface area contributed by atoms with Crippen molar-refractivity contribution < 1.29 is 89.4 Å². The van der Waals surface area contributed by atoms with Gasteiger partial charge < -0.3 is 89.9 Å². The second kappa shape index (κ2) is 48.4. The maximum absolute atomic E-state index is 13.4. The number of ether oxygens (including phenoxy) is 6. The molecule has 0 aliphatic carbocycles. The van der Waals surface area contributed by atoms with Gasteiger partial charge in [0.05, 0.1) is 38.6 Å². The molecule has 3 aliphatic rings. The van der Waals surface area contributed by atoms with Crippen LogP contribution in [0.2, 0.25) is 0 Å². The minimum Gasteiger partial charge on any atom is -0.394 e. The Labute approximate surface area is 509 Å². The number of amides is 1. The van der Waals surface area contributed by atoms with Crippen molar-refractivity contribution in [2.75, 3.05) is 26.4 Å².